The molecule has 0 aliphatic heterocycles. The Morgan fingerprint density at radius 3 is 2.21 bits per heavy atom. The van der Waals surface area contributed by atoms with Crippen LogP contribution in [-0.2, 0) is 0 Å². The van der Waals surface area contributed by atoms with Crippen LogP contribution in [-0.4, -0.2) is 9.97 Å². The Morgan fingerprint density at radius 1 is 1.03 bits per heavy atom. The van der Waals surface area contributed by atoms with Crippen molar-refractivity contribution in [2.75, 3.05) is 0 Å². The highest BCUT2D eigenvalue weighted by molar-refractivity contribution is 5.73. The number of aromatic amines is 2. The summed E-state index contributed by atoms with van der Waals surface area (Å²) in [7, 11) is 0. The van der Waals surface area contributed by atoms with Crippen molar-refractivity contribution in [3.05, 3.63) is 88.1 Å². The molecule has 10 nitrogen and oxygen atoms in total. The van der Waals surface area contributed by atoms with Gasteiger partial charge in [-0.25, -0.2) is 11.4 Å². The van der Waals surface area contributed by atoms with Gasteiger partial charge in [-0.15, -0.1) is 0 Å². The maximum absolute atomic E-state index is 12.5. The van der Waals surface area contributed by atoms with Crippen molar-refractivity contribution in [1.29, 1.82) is 21.0 Å². The molecule has 0 fully saturated rings. The molecule has 2 aromatic rings. The van der Waals surface area contributed by atoms with Gasteiger partial charge in [-0.3, -0.25) is 14.4 Å². The number of nitrogens with one attached hydrogen (secondary N) is 2. The average Bonchev–Trinajstić information content (AvgIpc) is 2.79. The van der Waals surface area contributed by atoms with Crippen molar-refractivity contribution < 1.29 is 0 Å². The van der Waals surface area contributed by atoms with Gasteiger partial charge in [0.25, 0.3) is 11.1 Å². The minimum atomic E-state index is -1.32. The molecule has 33 heavy (non-hydrogen) atoms. The third kappa shape index (κ3) is 4.28. The molecule has 1 atom stereocenters. The van der Waals surface area contributed by atoms with Gasteiger partial charge >= 0.3 is 6.04 Å². The number of aromatic nitrogens is 2. The molecule has 0 bridgehead atoms. The number of pyridine rings is 2. The summed E-state index contributed by atoms with van der Waals surface area (Å²) in [5.41, 5.74) is -1.21. The summed E-state index contributed by atoms with van der Waals surface area (Å²) in [5.74, 6) is 0. The number of hydrogen-bond acceptors (Lipinski definition) is 6. The van der Waals surface area contributed by atoms with Gasteiger partial charge in [0, 0.05) is 10.8 Å². The molecule has 2 aromatic heterocycles. The standard InChI is InChI=1S/C23H12N8O2/c1-12-15(22(32)30-20(17(12)10-26)14(8-24)9-25)6-5-7-16-13(2)19(29-4)21(31-23(16)33)18(11-27)28-3/h5-7,18H,1-2H3,(H,30,32)(H,31,33). The molecular formula is C23H12N8O2. The van der Waals surface area contributed by atoms with Gasteiger partial charge in [-0.2, -0.15) is 21.0 Å². The van der Waals surface area contributed by atoms with Gasteiger partial charge in [-0.1, -0.05) is 12.2 Å². The Bertz CT molecular complexity index is 1670. The van der Waals surface area contributed by atoms with Crippen molar-refractivity contribution in [2.24, 2.45) is 0 Å². The third-order valence-corrected chi connectivity index (χ3v) is 4.77. The van der Waals surface area contributed by atoms with E-state index in [9.17, 15) is 14.9 Å². The van der Waals surface area contributed by atoms with Gasteiger partial charge in [0.2, 0.25) is 5.69 Å². The van der Waals surface area contributed by atoms with E-state index in [2.05, 4.69) is 19.7 Å². The molecule has 1 unspecified atom stereocenters. The molecule has 0 saturated heterocycles. The Hall–Kier alpha value is -5.68. The maximum atomic E-state index is 12.5. The van der Waals surface area contributed by atoms with Crippen LogP contribution in [0.1, 0.15) is 34.0 Å². The Labute approximate surface area is 187 Å². The van der Waals surface area contributed by atoms with Crippen LogP contribution in [0.3, 0.4) is 0 Å². The first-order valence-corrected chi connectivity index (χ1v) is 9.05. The lowest BCUT2D eigenvalue weighted by molar-refractivity contribution is 0.978. The SMILES string of the molecule is [C-]#[N+]c1c(C(C#N)[N+]#[C-])[nH]c(=O)c(C=CC=c2c(C)c(C#N)c(=C(C#N)C#N)[nH]c2=O)c1C. The van der Waals surface area contributed by atoms with Crippen molar-refractivity contribution in [2.45, 2.75) is 19.9 Å². The average molecular weight is 432 g/mol. The summed E-state index contributed by atoms with van der Waals surface area (Å²) in [6.07, 6.45) is 4.07. The monoisotopic (exact) mass is 432 g/mol. The minimum absolute atomic E-state index is 0.0157. The van der Waals surface area contributed by atoms with E-state index < -0.39 is 22.7 Å². The number of hydrogen-bond donors (Lipinski definition) is 2. The van der Waals surface area contributed by atoms with Crippen LogP contribution in [0, 0.1) is 72.3 Å². The number of nitriles is 4. The zero-order chi connectivity index (χ0) is 24.7. The number of allylic oxidation sites excluding steroid dienone is 1. The van der Waals surface area contributed by atoms with E-state index in [-0.39, 0.29) is 44.2 Å². The molecule has 0 aliphatic carbocycles. The molecule has 0 spiro atoms. The van der Waals surface area contributed by atoms with E-state index in [1.807, 2.05) is 6.07 Å². The first kappa shape index (κ1) is 23.6. The summed E-state index contributed by atoms with van der Waals surface area (Å²) < 4.78 is 0. The van der Waals surface area contributed by atoms with Crippen LogP contribution in [0.4, 0.5) is 5.69 Å². The van der Waals surface area contributed by atoms with Crippen molar-refractivity contribution in [3.8, 4) is 24.3 Å². The molecule has 10 heteroatoms. The topological polar surface area (TPSA) is 170 Å². The van der Waals surface area contributed by atoms with Gasteiger partial charge in [0.05, 0.1) is 17.5 Å². The van der Waals surface area contributed by atoms with Crippen molar-refractivity contribution in [1.82, 2.24) is 9.97 Å². The smallest absolute Gasteiger partial charge is 0.328 e. The highest BCUT2D eigenvalue weighted by Crippen LogP contribution is 2.30. The lowest BCUT2D eigenvalue weighted by Crippen LogP contribution is -2.38. The van der Waals surface area contributed by atoms with Crippen LogP contribution in [0.25, 0.3) is 27.4 Å². The Kier molecular flexibility index (Phi) is 7.07. The second kappa shape index (κ2) is 9.88. The summed E-state index contributed by atoms with van der Waals surface area (Å²) in [6.45, 7) is 17.4. The molecule has 2 heterocycles. The van der Waals surface area contributed by atoms with E-state index in [1.165, 1.54) is 32.1 Å². The third-order valence-electron chi connectivity index (χ3n) is 4.77. The molecule has 0 saturated carbocycles. The molecule has 2 rings (SSSR count). The molecule has 0 aliphatic rings. The van der Waals surface area contributed by atoms with Crippen molar-refractivity contribution >= 4 is 23.4 Å². The molecule has 0 amide bonds. The van der Waals surface area contributed by atoms with E-state index in [0.717, 1.165) is 0 Å². The Balaban J connectivity index is 2.77. The van der Waals surface area contributed by atoms with Crippen LogP contribution in [0.2, 0.25) is 0 Å². The molecule has 0 radical (unpaired) electrons. The molecule has 0 aromatic carbocycles. The summed E-state index contributed by atoms with van der Waals surface area (Å²) in [4.78, 5) is 36.3. The molecular weight excluding hydrogens is 420 g/mol. The van der Waals surface area contributed by atoms with Crippen LogP contribution < -0.4 is 21.7 Å². The van der Waals surface area contributed by atoms with E-state index >= 15 is 0 Å². The number of nitrogens with zero attached hydrogens (tertiary/aromatic N) is 6. The zero-order valence-electron chi connectivity index (χ0n) is 17.3. The second-order valence-corrected chi connectivity index (χ2v) is 6.51. The van der Waals surface area contributed by atoms with Gasteiger partial charge < -0.3 is 9.97 Å². The van der Waals surface area contributed by atoms with Gasteiger partial charge in [-0.05, 0) is 31.1 Å². The highest BCUT2D eigenvalue weighted by Gasteiger charge is 2.24. The second-order valence-electron chi connectivity index (χ2n) is 6.51. The van der Waals surface area contributed by atoms with Crippen LogP contribution in [0.5, 0.6) is 0 Å². The van der Waals surface area contributed by atoms with Crippen molar-refractivity contribution in [3.63, 3.8) is 0 Å². The summed E-state index contributed by atoms with van der Waals surface area (Å²) >= 11 is 0. The van der Waals surface area contributed by atoms with Gasteiger partial charge in [0.15, 0.2) is 11.6 Å². The van der Waals surface area contributed by atoms with E-state index in [1.54, 1.807) is 18.2 Å². The molecule has 156 valence electrons. The normalized spacial score (nSPS) is 11.3. The fourth-order valence-electron chi connectivity index (χ4n) is 3.09. The quantitative estimate of drug-likeness (QED) is 0.692. The van der Waals surface area contributed by atoms with Gasteiger partial charge in [0.1, 0.15) is 23.9 Å². The fraction of sp³-hybridized carbons (Fsp3) is 0.130. The fourth-order valence-corrected chi connectivity index (χ4v) is 3.09. The largest absolute Gasteiger partial charge is 0.337 e. The van der Waals surface area contributed by atoms with Crippen LogP contribution in [0.15, 0.2) is 15.7 Å². The zero-order valence-corrected chi connectivity index (χ0v) is 17.3. The predicted octanol–water partition coefficient (Wildman–Crippen LogP) is 1.28. The number of H-pyrrole nitrogens is 2. The highest BCUT2D eigenvalue weighted by atomic mass is 16.1. The predicted molar refractivity (Wildman–Crippen MR) is 117 cm³/mol. The minimum Gasteiger partial charge on any atom is -0.328 e. The number of rotatable bonds is 3. The Morgan fingerprint density at radius 2 is 1.70 bits per heavy atom. The first-order valence-electron chi connectivity index (χ1n) is 9.05. The maximum Gasteiger partial charge on any atom is 0.337 e. The molecule has 2 N–H and O–H groups in total. The lowest BCUT2D eigenvalue weighted by Gasteiger charge is -2.07. The van der Waals surface area contributed by atoms with E-state index in [4.69, 9.17) is 28.9 Å². The van der Waals surface area contributed by atoms with E-state index in [0.29, 0.717) is 0 Å². The first-order chi connectivity index (χ1) is 15.8. The summed E-state index contributed by atoms with van der Waals surface area (Å²) in [5, 5.41) is 36.6. The summed E-state index contributed by atoms with van der Waals surface area (Å²) in [6, 6.07) is 5.55. The van der Waals surface area contributed by atoms with Crippen LogP contribution >= 0.6 is 0 Å². The lowest BCUT2D eigenvalue weighted by atomic mass is 10.0.